The van der Waals surface area contributed by atoms with Gasteiger partial charge in [0.05, 0.1) is 11.3 Å². The summed E-state index contributed by atoms with van der Waals surface area (Å²) in [4.78, 5) is 24.8. The number of piperidine rings is 1. The molecule has 0 saturated carbocycles. The van der Waals surface area contributed by atoms with E-state index in [-0.39, 0.29) is 11.9 Å². The number of ether oxygens (including phenoxy) is 2. The van der Waals surface area contributed by atoms with Crippen molar-refractivity contribution in [3.8, 4) is 11.5 Å². The summed E-state index contributed by atoms with van der Waals surface area (Å²) in [5.74, 6) is 1.45. The summed E-state index contributed by atoms with van der Waals surface area (Å²) in [6, 6.07) is 9.93. The van der Waals surface area contributed by atoms with Gasteiger partial charge in [0.25, 0.3) is 5.91 Å². The van der Waals surface area contributed by atoms with Gasteiger partial charge in [-0.15, -0.1) is 0 Å². The minimum absolute atomic E-state index is 0.0200. The Morgan fingerprint density at radius 3 is 2.84 bits per heavy atom. The minimum Gasteiger partial charge on any atom is -0.486 e. The molecule has 1 N–H and O–H groups in total. The fourth-order valence-electron chi connectivity index (χ4n) is 4.58. The van der Waals surface area contributed by atoms with Gasteiger partial charge in [-0.25, -0.2) is 9.97 Å². The highest BCUT2D eigenvalue weighted by Crippen LogP contribution is 2.36. The first-order valence-electron chi connectivity index (χ1n) is 11.4. The molecule has 3 aromatic rings. The molecule has 166 valence electrons. The highest BCUT2D eigenvalue weighted by Gasteiger charge is 2.29. The molecule has 1 aromatic carbocycles. The lowest BCUT2D eigenvalue weighted by molar-refractivity contribution is 0.0609. The van der Waals surface area contributed by atoms with E-state index in [1.807, 2.05) is 42.2 Å². The van der Waals surface area contributed by atoms with E-state index in [0.29, 0.717) is 30.2 Å². The average Bonchev–Trinajstić information content (AvgIpc) is 2.83. The quantitative estimate of drug-likeness (QED) is 0.635. The van der Waals surface area contributed by atoms with E-state index in [1.54, 1.807) is 6.20 Å². The summed E-state index contributed by atoms with van der Waals surface area (Å²) in [5.41, 5.74) is 3.62. The van der Waals surface area contributed by atoms with E-state index in [9.17, 15) is 4.79 Å². The lowest BCUT2D eigenvalue weighted by Crippen LogP contribution is -2.43. The van der Waals surface area contributed by atoms with E-state index < -0.39 is 0 Å². The molecule has 32 heavy (non-hydrogen) atoms. The molecule has 2 aromatic heterocycles. The maximum Gasteiger partial charge on any atom is 0.257 e. The van der Waals surface area contributed by atoms with Crippen LogP contribution in [0.1, 0.15) is 48.7 Å². The Hall–Kier alpha value is -3.35. The van der Waals surface area contributed by atoms with Crippen LogP contribution < -0.4 is 14.8 Å². The predicted octanol–water partition coefficient (Wildman–Crippen LogP) is 4.86. The van der Waals surface area contributed by atoms with E-state index in [2.05, 4.69) is 22.2 Å². The van der Waals surface area contributed by atoms with Gasteiger partial charge in [-0.2, -0.15) is 0 Å². The van der Waals surface area contributed by atoms with Gasteiger partial charge in [0.1, 0.15) is 13.2 Å². The lowest BCUT2D eigenvalue weighted by Gasteiger charge is -2.35. The van der Waals surface area contributed by atoms with Gasteiger partial charge in [-0.3, -0.25) is 4.79 Å². The molecular weight excluding hydrogens is 404 g/mol. The zero-order valence-corrected chi connectivity index (χ0v) is 18.6. The van der Waals surface area contributed by atoms with Crippen LogP contribution in [-0.2, 0) is 0 Å². The number of rotatable bonds is 4. The molecule has 1 fully saturated rings. The van der Waals surface area contributed by atoms with Crippen LogP contribution >= 0.6 is 0 Å². The Balaban J connectivity index is 1.58. The van der Waals surface area contributed by atoms with Crippen molar-refractivity contribution in [1.82, 2.24) is 14.9 Å². The summed E-state index contributed by atoms with van der Waals surface area (Å²) >= 11 is 0. The number of pyridine rings is 2. The van der Waals surface area contributed by atoms with Crippen molar-refractivity contribution in [1.29, 1.82) is 0 Å². The number of carbonyl (C=O) groups excluding carboxylic acids is 1. The molecule has 2 aliphatic rings. The molecule has 7 nitrogen and oxygen atoms in total. The monoisotopic (exact) mass is 432 g/mol. The third kappa shape index (κ3) is 3.83. The molecule has 0 radical (unpaired) electrons. The van der Waals surface area contributed by atoms with Crippen molar-refractivity contribution in [2.75, 3.05) is 25.1 Å². The normalized spacial score (nSPS) is 17.9. The van der Waals surface area contributed by atoms with Crippen LogP contribution in [0, 0.1) is 6.92 Å². The van der Waals surface area contributed by atoms with Crippen LogP contribution in [0.5, 0.6) is 11.5 Å². The van der Waals surface area contributed by atoms with Crippen LogP contribution in [0.4, 0.5) is 11.4 Å². The Bertz CT molecular complexity index is 1160. The van der Waals surface area contributed by atoms with Gasteiger partial charge < -0.3 is 19.7 Å². The second kappa shape index (κ2) is 8.65. The molecule has 0 aliphatic carbocycles. The van der Waals surface area contributed by atoms with Gasteiger partial charge in [0.2, 0.25) is 0 Å². The first kappa shape index (κ1) is 20.5. The SMILES string of the molecule is CCC1CCCCN1C(=O)c1cnc2nc(C)ccc2c1Nc1ccc2c(c1)OCCO2. The molecule has 0 bridgehead atoms. The number of hydrogen-bond donors (Lipinski definition) is 1. The number of carbonyl (C=O) groups is 1. The summed E-state index contributed by atoms with van der Waals surface area (Å²) in [6.07, 6.45) is 5.88. The van der Waals surface area contributed by atoms with E-state index in [4.69, 9.17) is 9.47 Å². The summed E-state index contributed by atoms with van der Waals surface area (Å²) in [7, 11) is 0. The smallest absolute Gasteiger partial charge is 0.257 e. The van der Waals surface area contributed by atoms with Gasteiger partial charge in [-0.1, -0.05) is 6.92 Å². The highest BCUT2D eigenvalue weighted by molar-refractivity contribution is 6.07. The molecule has 7 heteroatoms. The van der Waals surface area contributed by atoms with E-state index in [0.717, 1.165) is 54.0 Å². The average molecular weight is 433 g/mol. The molecule has 2 aliphatic heterocycles. The third-order valence-corrected chi connectivity index (χ3v) is 6.27. The van der Waals surface area contributed by atoms with Crippen molar-refractivity contribution in [2.45, 2.75) is 45.6 Å². The molecular formula is C25H28N4O3. The van der Waals surface area contributed by atoms with E-state index in [1.165, 1.54) is 6.42 Å². The van der Waals surface area contributed by atoms with Crippen LogP contribution in [0.3, 0.4) is 0 Å². The zero-order valence-electron chi connectivity index (χ0n) is 18.6. The van der Waals surface area contributed by atoms with Gasteiger partial charge in [0.15, 0.2) is 17.1 Å². The van der Waals surface area contributed by atoms with Crippen molar-refractivity contribution in [3.63, 3.8) is 0 Å². The topological polar surface area (TPSA) is 76.6 Å². The Kier molecular flexibility index (Phi) is 5.55. The number of nitrogens with one attached hydrogen (secondary N) is 1. The van der Waals surface area contributed by atoms with Crippen molar-refractivity contribution in [3.05, 3.63) is 47.8 Å². The molecule has 1 saturated heterocycles. The summed E-state index contributed by atoms with van der Waals surface area (Å²) in [6.45, 7) is 5.94. The molecule has 5 rings (SSSR count). The van der Waals surface area contributed by atoms with Gasteiger partial charge in [0, 0.05) is 41.6 Å². The van der Waals surface area contributed by atoms with Gasteiger partial charge >= 0.3 is 0 Å². The predicted molar refractivity (Wildman–Crippen MR) is 124 cm³/mol. The second-order valence-corrected chi connectivity index (χ2v) is 8.41. The second-order valence-electron chi connectivity index (χ2n) is 8.41. The summed E-state index contributed by atoms with van der Waals surface area (Å²) in [5, 5.41) is 4.30. The maximum atomic E-state index is 13.7. The lowest BCUT2D eigenvalue weighted by atomic mass is 9.98. The number of aryl methyl sites for hydroxylation is 1. The third-order valence-electron chi connectivity index (χ3n) is 6.27. The largest absolute Gasteiger partial charge is 0.486 e. The Morgan fingerprint density at radius 1 is 1.16 bits per heavy atom. The number of hydrogen-bond acceptors (Lipinski definition) is 6. The minimum atomic E-state index is 0.0200. The van der Waals surface area contributed by atoms with Crippen LogP contribution in [0.25, 0.3) is 11.0 Å². The zero-order chi connectivity index (χ0) is 22.1. The standard InChI is InChI=1S/C25H28N4O3/c1-3-18-6-4-5-11-29(18)25(30)20-15-26-24-19(9-7-16(2)27-24)23(20)28-17-8-10-21-22(14-17)32-13-12-31-21/h7-10,14-15,18H,3-6,11-13H2,1-2H3,(H,26,27,28). The number of fused-ring (bicyclic) bond motifs is 2. The Labute approximate surface area is 187 Å². The van der Waals surface area contributed by atoms with E-state index >= 15 is 0 Å². The van der Waals surface area contributed by atoms with Crippen LogP contribution in [0.15, 0.2) is 36.5 Å². The molecule has 4 heterocycles. The van der Waals surface area contributed by atoms with Crippen LogP contribution in [0.2, 0.25) is 0 Å². The van der Waals surface area contributed by atoms with Crippen molar-refractivity contribution >= 4 is 28.3 Å². The molecule has 1 amide bonds. The number of nitrogens with zero attached hydrogens (tertiary/aromatic N) is 3. The molecule has 1 unspecified atom stereocenters. The first-order chi connectivity index (χ1) is 15.6. The number of benzene rings is 1. The number of aromatic nitrogens is 2. The maximum absolute atomic E-state index is 13.7. The highest BCUT2D eigenvalue weighted by atomic mass is 16.6. The number of anilines is 2. The number of likely N-dealkylation sites (tertiary alicyclic amines) is 1. The molecule has 0 spiro atoms. The van der Waals surface area contributed by atoms with Crippen molar-refractivity contribution < 1.29 is 14.3 Å². The first-order valence-corrected chi connectivity index (χ1v) is 11.4. The number of amides is 1. The molecule has 1 atom stereocenters. The summed E-state index contributed by atoms with van der Waals surface area (Å²) < 4.78 is 11.4. The fourth-order valence-corrected chi connectivity index (χ4v) is 4.58. The van der Waals surface area contributed by atoms with Crippen molar-refractivity contribution in [2.24, 2.45) is 0 Å². The Morgan fingerprint density at radius 2 is 2.00 bits per heavy atom. The fraction of sp³-hybridized carbons (Fsp3) is 0.400. The van der Waals surface area contributed by atoms with Crippen LogP contribution in [-0.4, -0.2) is 46.6 Å². The van der Waals surface area contributed by atoms with Gasteiger partial charge in [-0.05, 0) is 56.9 Å².